The first-order valence-electron chi connectivity index (χ1n) is 9.29. The Balaban J connectivity index is 1.32. The van der Waals surface area contributed by atoms with E-state index in [9.17, 15) is 4.79 Å². The fraction of sp³-hybridized carbons (Fsp3) is 0.824. The predicted molar refractivity (Wildman–Crippen MR) is 88.1 cm³/mol. The summed E-state index contributed by atoms with van der Waals surface area (Å²) in [6.07, 6.45) is 6.10. The van der Waals surface area contributed by atoms with E-state index in [1.165, 1.54) is 25.1 Å². The molecule has 0 spiro atoms. The number of amides is 1. The van der Waals surface area contributed by atoms with Crippen LogP contribution in [0, 0.1) is 5.92 Å². The average Bonchev–Trinajstić information content (AvgIpc) is 3.14. The molecule has 2 fully saturated rings. The number of aryl methyl sites for hydroxylation is 1. The van der Waals surface area contributed by atoms with Crippen LogP contribution in [0.3, 0.4) is 0 Å². The van der Waals surface area contributed by atoms with Crippen molar-refractivity contribution in [1.29, 1.82) is 0 Å². The van der Waals surface area contributed by atoms with Gasteiger partial charge >= 0.3 is 0 Å². The van der Waals surface area contributed by atoms with Gasteiger partial charge in [0.05, 0.1) is 12.3 Å². The highest BCUT2D eigenvalue weighted by Crippen LogP contribution is 2.30. The molecule has 7 nitrogen and oxygen atoms in total. The molecule has 2 aliphatic heterocycles. The summed E-state index contributed by atoms with van der Waals surface area (Å²) >= 11 is 0. The van der Waals surface area contributed by atoms with Gasteiger partial charge in [0, 0.05) is 39.3 Å². The summed E-state index contributed by atoms with van der Waals surface area (Å²) in [5, 5.41) is 8.59. The van der Waals surface area contributed by atoms with E-state index in [0.29, 0.717) is 6.61 Å². The Hall–Kier alpha value is -1.47. The van der Waals surface area contributed by atoms with E-state index >= 15 is 0 Å². The lowest BCUT2D eigenvalue weighted by molar-refractivity contribution is -0.135. The number of hydrogen-bond acceptors (Lipinski definition) is 5. The molecule has 3 aliphatic rings. The van der Waals surface area contributed by atoms with Crippen LogP contribution in [0.4, 0.5) is 0 Å². The van der Waals surface area contributed by atoms with Gasteiger partial charge < -0.3 is 9.64 Å². The van der Waals surface area contributed by atoms with Gasteiger partial charge in [-0.1, -0.05) is 5.21 Å². The first kappa shape index (κ1) is 16.0. The van der Waals surface area contributed by atoms with Crippen LogP contribution in [0.25, 0.3) is 0 Å². The van der Waals surface area contributed by atoms with Crippen molar-refractivity contribution in [1.82, 2.24) is 24.8 Å². The van der Waals surface area contributed by atoms with Crippen molar-refractivity contribution >= 4 is 5.91 Å². The zero-order valence-corrected chi connectivity index (χ0v) is 14.3. The number of ether oxygens (including phenoxy) is 1. The van der Waals surface area contributed by atoms with Crippen molar-refractivity contribution in [3.63, 3.8) is 0 Å². The van der Waals surface area contributed by atoms with Crippen molar-refractivity contribution in [3.8, 4) is 0 Å². The van der Waals surface area contributed by atoms with Crippen molar-refractivity contribution < 1.29 is 9.53 Å². The van der Waals surface area contributed by atoms with Gasteiger partial charge in [-0.2, -0.15) is 0 Å². The van der Waals surface area contributed by atoms with E-state index in [2.05, 4.69) is 15.2 Å². The third-order valence-corrected chi connectivity index (χ3v) is 5.27. The number of rotatable bonds is 6. The summed E-state index contributed by atoms with van der Waals surface area (Å²) < 4.78 is 7.68. The Morgan fingerprint density at radius 2 is 1.96 bits per heavy atom. The summed E-state index contributed by atoms with van der Waals surface area (Å²) in [4.78, 5) is 16.5. The van der Waals surface area contributed by atoms with Crippen LogP contribution in [-0.4, -0.2) is 63.5 Å². The van der Waals surface area contributed by atoms with Crippen molar-refractivity contribution in [2.75, 3.05) is 32.8 Å². The molecule has 4 rings (SSSR count). The van der Waals surface area contributed by atoms with E-state index in [-0.39, 0.29) is 12.5 Å². The minimum Gasteiger partial charge on any atom is -0.365 e. The maximum Gasteiger partial charge on any atom is 0.248 e. The first-order chi connectivity index (χ1) is 11.8. The van der Waals surface area contributed by atoms with E-state index in [1.54, 1.807) is 0 Å². The quantitative estimate of drug-likeness (QED) is 0.778. The third kappa shape index (κ3) is 3.78. The van der Waals surface area contributed by atoms with Gasteiger partial charge in [0.25, 0.3) is 0 Å². The lowest BCUT2D eigenvalue weighted by atomic mass is 10.3. The highest BCUT2D eigenvalue weighted by Gasteiger charge is 2.27. The molecule has 1 saturated heterocycles. The Kier molecular flexibility index (Phi) is 4.80. The number of hydrogen-bond donors (Lipinski definition) is 0. The average molecular weight is 333 g/mol. The second-order valence-corrected chi connectivity index (χ2v) is 7.32. The minimum absolute atomic E-state index is 0.0983. The Labute approximate surface area is 142 Å². The first-order valence-corrected chi connectivity index (χ1v) is 9.29. The predicted octanol–water partition coefficient (Wildman–Crippen LogP) is 1.03. The molecule has 7 heteroatoms. The monoisotopic (exact) mass is 333 g/mol. The third-order valence-electron chi connectivity index (χ3n) is 5.27. The van der Waals surface area contributed by atoms with E-state index in [4.69, 9.17) is 4.74 Å². The topological polar surface area (TPSA) is 63.5 Å². The van der Waals surface area contributed by atoms with Crippen LogP contribution >= 0.6 is 0 Å². The summed E-state index contributed by atoms with van der Waals surface area (Å²) in [5.41, 5.74) is 2.06. The van der Waals surface area contributed by atoms with Gasteiger partial charge in [-0.15, -0.1) is 5.10 Å². The Morgan fingerprint density at radius 1 is 1.12 bits per heavy atom. The van der Waals surface area contributed by atoms with Gasteiger partial charge in [0.1, 0.15) is 12.3 Å². The van der Waals surface area contributed by atoms with Crippen molar-refractivity contribution in [2.24, 2.45) is 5.92 Å². The number of carbonyl (C=O) groups is 1. The molecule has 1 aliphatic carbocycles. The largest absolute Gasteiger partial charge is 0.365 e. The summed E-state index contributed by atoms with van der Waals surface area (Å²) in [6, 6.07) is 0. The second kappa shape index (κ2) is 7.19. The molecule has 0 radical (unpaired) electrons. The molecular weight excluding hydrogens is 306 g/mol. The molecular formula is C17H27N5O2. The number of aromatic nitrogens is 3. The minimum atomic E-state index is 0.0983. The fourth-order valence-electron chi connectivity index (χ4n) is 3.68. The summed E-state index contributed by atoms with van der Waals surface area (Å²) in [7, 11) is 0. The van der Waals surface area contributed by atoms with E-state index in [1.807, 2.05) is 9.58 Å². The zero-order valence-electron chi connectivity index (χ0n) is 14.3. The van der Waals surface area contributed by atoms with Crippen LogP contribution in [0.5, 0.6) is 0 Å². The molecule has 1 amide bonds. The summed E-state index contributed by atoms with van der Waals surface area (Å²) in [5.74, 6) is 0.992. The van der Waals surface area contributed by atoms with Crippen molar-refractivity contribution in [3.05, 3.63) is 11.4 Å². The second-order valence-electron chi connectivity index (χ2n) is 7.32. The van der Waals surface area contributed by atoms with Gasteiger partial charge in [-0.25, -0.2) is 4.68 Å². The highest BCUT2D eigenvalue weighted by molar-refractivity contribution is 5.77. The maximum absolute atomic E-state index is 12.0. The summed E-state index contributed by atoms with van der Waals surface area (Å²) in [6.45, 7) is 6.44. The molecule has 0 bridgehead atoms. The molecule has 0 unspecified atom stereocenters. The highest BCUT2D eigenvalue weighted by atomic mass is 16.5. The van der Waals surface area contributed by atoms with Crippen LogP contribution in [0.1, 0.15) is 43.5 Å². The van der Waals surface area contributed by atoms with Crippen LogP contribution in [-0.2, 0) is 29.2 Å². The molecule has 1 aromatic rings. The Morgan fingerprint density at radius 3 is 2.75 bits per heavy atom. The zero-order chi connectivity index (χ0) is 16.4. The van der Waals surface area contributed by atoms with Gasteiger partial charge in [0.15, 0.2) is 0 Å². The maximum atomic E-state index is 12.0. The molecule has 3 heterocycles. The molecule has 24 heavy (non-hydrogen) atoms. The van der Waals surface area contributed by atoms with Crippen LogP contribution in [0.15, 0.2) is 0 Å². The molecule has 1 saturated carbocycles. The van der Waals surface area contributed by atoms with Crippen molar-refractivity contribution in [2.45, 2.75) is 51.8 Å². The van der Waals surface area contributed by atoms with Gasteiger partial charge in [-0.05, 0) is 38.0 Å². The SMILES string of the molecule is O=C(COCc1nnn2c1CN(CC1CC1)CCC2)N1CCCC1. The normalized spacial score (nSPS) is 21.8. The molecule has 1 aromatic heterocycles. The molecule has 0 atom stereocenters. The number of fused-ring (bicyclic) bond motifs is 1. The lowest BCUT2D eigenvalue weighted by Gasteiger charge is -2.19. The number of nitrogens with zero attached hydrogens (tertiary/aromatic N) is 5. The van der Waals surface area contributed by atoms with E-state index < -0.39 is 0 Å². The number of likely N-dealkylation sites (tertiary alicyclic amines) is 1. The smallest absolute Gasteiger partial charge is 0.248 e. The molecule has 132 valence electrons. The Bertz CT molecular complexity index is 578. The number of carbonyl (C=O) groups excluding carboxylic acids is 1. The van der Waals surface area contributed by atoms with E-state index in [0.717, 1.165) is 63.6 Å². The van der Waals surface area contributed by atoms with Gasteiger partial charge in [0.2, 0.25) is 5.91 Å². The van der Waals surface area contributed by atoms with Crippen LogP contribution < -0.4 is 0 Å². The lowest BCUT2D eigenvalue weighted by Crippen LogP contribution is -2.31. The molecule has 0 N–H and O–H groups in total. The standard InChI is InChI=1S/C17H27N5O2/c23-17(21-7-1-2-8-21)13-24-12-15-16-11-20(10-14-4-5-14)6-3-9-22(16)19-18-15/h14H,1-13H2. The van der Waals surface area contributed by atoms with Gasteiger partial charge in [-0.3, -0.25) is 9.69 Å². The van der Waals surface area contributed by atoms with Crippen LogP contribution in [0.2, 0.25) is 0 Å². The molecule has 0 aromatic carbocycles. The fourth-order valence-corrected chi connectivity index (χ4v) is 3.68.